The van der Waals surface area contributed by atoms with Gasteiger partial charge in [-0.2, -0.15) is 8.42 Å². The van der Waals surface area contributed by atoms with Gasteiger partial charge in [0.1, 0.15) is 10.9 Å². The van der Waals surface area contributed by atoms with Crippen LogP contribution in [0, 0.1) is 12.8 Å². The minimum atomic E-state index is -4.24. The molecule has 1 aliphatic heterocycles. The number of aryl methyl sites for hydroxylation is 1. The quantitative estimate of drug-likeness (QED) is 0.299. The zero-order chi connectivity index (χ0) is 29.3. The Morgan fingerprint density at radius 3 is 2.56 bits per heavy atom. The molecule has 2 aliphatic rings. The zero-order valence-corrected chi connectivity index (χ0v) is 25.5. The van der Waals surface area contributed by atoms with Crippen LogP contribution >= 0.6 is 39.1 Å². The molecule has 2 N–H and O–H groups in total. The van der Waals surface area contributed by atoms with Crippen LogP contribution in [0.1, 0.15) is 35.2 Å². The molecular formula is C27H24BrCl2N5O5S. The minimum Gasteiger partial charge on any atom is -0.361 e. The monoisotopic (exact) mass is 679 g/mol. The summed E-state index contributed by atoms with van der Waals surface area (Å²) in [5.41, 5.74) is 1.24. The highest BCUT2D eigenvalue weighted by atomic mass is 79.9. The number of hydrogen-bond acceptors (Lipinski definition) is 8. The normalized spacial score (nSPS) is 16.7. The third-order valence-electron chi connectivity index (χ3n) is 6.45. The summed E-state index contributed by atoms with van der Waals surface area (Å²) in [4.78, 5) is 30.9. The first kappa shape index (κ1) is 29.3. The molecule has 0 radical (unpaired) electrons. The maximum absolute atomic E-state index is 13.7. The molecule has 1 fully saturated rings. The van der Waals surface area contributed by atoms with E-state index in [1.807, 2.05) is 6.92 Å². The van der Waals surface area contributed by atoms with Gasteiger partial charge in [0, 0.05) is 22.2 Å². The van der Waals surface area contributed by atoms with E-state index in [1.165, 1.54) is 29.4 Å². The van der Waals surface area contributed by atoms with Crippen LogP contribution in [-0.4, -0.2) is 43.7 Å². The Bertz CT molecular complexity index is 1650. The average Bonchev–Trinajstić information content (AvgIpc) is 3.67. The van der Waals surface area contributed by atoms with Crippen molar-refractivity contribution in [1.82, 2.24) is 10.3 Å². The van der Waals surface area contributed by atoms with Crippen LogP contribution in [0.5, 0.6) is 0 Å². The number of anilines is 2. The fourth-order valence-corrected chi connectivity index (χ4v) is 6.14. The third-order valence-corrected chi connectivity index (χ3v) is 8.85. The van der Waals surface area contributed by atoms with Gasteiger partial charge in [-0.25, -0.2) is 9.99 Å². The number of hydrazone groups is 1. The fourth-order valence-electron chi connectivity index (χ4n) is 4.10. The maximum atomic E-state index is 13.7. The number of nitrogens with one attached hydrogen (secondary N) is 2. The van der Waals surface area contributed by atoms with E-state index in [4.69, 9.17) is 27.4 Å². The molecular weight excluding hydrogens is 657 g/mol. The summed E-state index contributed by atoms with van der Waals surface area (Å²) >= 11 is 16.0. The van der Waals surface area contributed by atoms with Crippen molar-refractivity contribution >= 4 is 78.5 Å². The Hall–Kier alpha value is -3.19. The topological polar surface area (TPSA) is 130 Å². The lowest BCUT2D eigenvalue weighted by Gasteiger charge is -2.23. The number of amides is 2. The third kappa shape index (κ3) is 6.83. The Labute approximate surface area is 255 Å². The number of carbonyl (C=O) groups excluding carboxylic acids is 2. The van der Waals surface area contributed by atoms with Crippen molar-refractivity contribution in [2.45, 2.75) is 37.1 Å². The molecule has 0 saturated heterocycles. The van der Waals surface area contributed by atoms with Crippen molar-refractivity contribution in [2.75, 3.05) is 16.9 Å². The van der Waals surface area contributed by atoms with E-state index in [0.717, 1.165) is 18.4 Å². The molecule has 2 aromatic carbocycles. The van der Waals surface area contributed by atoms with Crippen LogP contribution in [0.3, 0.4) is 0 Å². The molecule has 14 heteroatoms. The van der Waals surface area contributed by atoms with Gasteiger partial charge in [0.05, 0.1) is 22.7 Å². The second kappa shape index (κ2) is 12.0. The van der Waals surface area contributed by atoms with Gasteiger partial charge in [-0.1, -0.05) is 40.9 Å². The standard InChI is InChI=1S/C27H24BrCl2N5O5S/c1-15-4-8-18(9-5-15)41(38,39)40-23-13-22(35(34-23)25-21(30)3-2-10-31-25)27(37)33-24-19(11-17(29)12-20(24)28)26(36)32-14-16-6-7-16/h2-5,8-12,16,22H,6-7,13-14H2,1H3,(H,32,36)(H,33,37). The van der Waals surface area contributed by atoms with Gasteiger partial charge in [-0.3, -0.25) is 9.59 Å². The molecule has 1 atom stereocenters. The summed E-state index contributed by atoms with van der Waals surface area (Å²) in [6, 6.07) is 11.2. The van der Waals surface area contributed by atoms with E-state index in [0.29, 0.717) is 22.0 Å². The fraction of sp³-hybridized carbons (Fsp3) is 0.259. The van der Waals surface area contributed by atoms with Crippen molar-refractivity contribution in [3.63, 3.8) is 0 Å². The Morgan fingerprint density at radius 1 is 1.15 bits per heavy atom. The van der Waals surface area contributed by atoms with Crippen LogP contribution in [0.15, 0.2) is 69.2 Å². The molecule has 2 amide bonds. The SMILES string of the molecule is Cc1ccc(S(=O)(=O)OC2=NN(c3ncccc3Cl)C(C(=O)Nc3c(Br)cc(Cl)cc3C(=O)NCC3CC3)C2)cc1. The Balaban J connectivity index is 1.43. The summed E-state index contributed by atoms with van der Waals surface area (Å²) in [6.07, 6.45) is 3.35. The molecule has 5 rings (SSSR count). The predicted octanol–water partition coefficient (Wildman–Crippen LogP) is 5.54. The molecule has 214 valence electrons. The molecule has 1 saturated carbocycles. The molecule has 2 heterocycles. The highest BCUT2D eigenvalue weighted by Crippen LogP contribution is 2.34. The van der Waals surface area contributed by atoms with E-state index < -0.39 is 28.0 Å². The van der Waals surface area contributed by atoms with Crippen LogP contribution in [0.4, 0.5) is 11.5 Å². The van der Waals surface area contributed by atoms with Gasteiger partial charge in [0.2, 0.25) is 11.8 Å². The molecule has 0 spiro atoms. The van der Waals surface area contributed by atoms with Gasteiger partial charge < -0.3 is 14.8 Å². The summed E-state index contributed by atoms with van der Waals surface area (Å²) in [6.45, 7) is 2.35. The molecule has 1 unspecified atom stereocenters. The lowest BCUT2D eigenvalue weighted by Crippen LogP contribution is -2.39. The van der Waals surface area contributed by atoms with Gasteiger partial charge in [0.15, 0.2) is 5.82 Å². The maximum Gasteiger partial charge on any atom is 0.340 e. The first-order chi connectivity index (χ1) is 19.5. The van der Waals surface area contributed by atoms with Crippen molar-refractivity contribution < 1.29 is 22.2 Å². The van der Waals surface area contributed by atoms with E-state index in [-0.39, 0.29) is 39.3 Å². The first-order valence-corrected chi connectivity index (χ1v) is 15.5. The number of pyridine rings is 1. The summed E-state index contributed by atoms with van der Waals surface area (Å²) in [5.74, 6) is -0.665. The number of halogens is 3. The van der Waals surface area contributed by atoms with Gasteiger partial charge in [-0.15, -0.1) is 5.10 Å². The number of aromatic nitrogens is 1. The van der Waals surface area contributed by atoms with Crippen LogP contribution in [0.25, 0.3) is 0 Å². The van der Waals surface area contributed by atoms with Gasteiger partial charge in [0.25, 0.3) is 5.91 Å². The second-order valence-corrected chi connectivity index (χ2v) is 12.9. The van der Waals surface area contributed by atoms with Gasteiger partial charge in [-0.05, 0) is 78.0 Å². The number of carbonyl (C=O) groups is 2. The van der Waals surface area contributed by atoms with Crippen molar-refractivity contribution in [1.29, 1.82) is 0 Å². The Kier molecular flexibility index (Phi) is 8.55. The largest absolute Gasteiger partial charge is 0.361 e. The number of benzene rings is 2. The summed E-state index contributed by atoms with van der Waals surface area (Å²) in [7, 11) is -4.24. The highest BCUT2D eigenvalue weighted by molar-refractivity contribution is 9.10. The molecule has 41 heavy (non-hydrogen) atoms. The number of rotatable bonds is 8. The van der Waals surface area contributed by atoms with E-state index >= 15 is 0 Å². The molecule has 3 aromatic rings. The van der Waals surface area contributed by atoms with Crippen LogP contribution in [-0.2, 0) is 19.1 Å². The number of hydrogen-bond donors (Lipinski definition) is 2. The average molecular weight is 681 g/mol. The second-order valence-electron chi connectivity index (χ2n) is 9.67. The number of nitrogens with zero attached hydrogens (tertiary/aromatic N) is 3. The van der Waals surface area contributed by atoms with Crippen molar-refractivity contribution in [3.05, 3.63) is 80.4 Å². The molecule has 10 nitrogen and oxygen atoms in total. The Morgan fingerprint density at radius 2 is 1.88 bits per heavy atom. The lowest BCUT2D eigenvalue weighted by atomic mass is 10.1. The summed E-state index contributed by atoms with van der Waals surface area (Å²) in [5, 5.41) is 11.6. The molecule has 1 aromatic heterocycles. The molecule has 1 aliphatic carbocycles. The van der Waals surface area contributed by atoms with Crippen LogP contribution in [0.2, 0.25) is 10.0 Å². The van der Waals surface area contributed by atoms with Crippen molar-refractivity contribution in [2.24, 2.45) is 11.0 Å². The first-order valence-electron chi connectivity index (χ1n) is 12.6. The van der Waals surface area contributed by atoms with Crippen molar-refractivity contribution in [3.8, 4) is 0 Å². The molecule has 0 bridgehead atoms. The smallest absolute Gasteiger partial charge is 0.340 e. The van der Waals surface area contributed by atoms with Gasteiger partial charge >= 0.3 is 10.1 Å². The lowest BCUT2D eigenvalue weighted by molar-refractivity contribution is -0.117. The highest BCUT2D eigenvalue weighted by Gasteiger charge is 2.39. The van der Waals surface area contributed by atoms with E-state index in [9.17, 15) is 18.0 Å². The zero-order valence-electron chi connectivity index (χ0n) is 21.6. The summed E-state index contributed by atoms with van der Waals surface area (Å²) < 4.78 is 31.7. The van der Waals surface area contributed by atoms with E-state index in [2.05, 4.69) is 36.6 Å². The van der Waals surface area contributed by atoms with Crippen LogP contribution < -0.4 is 15.6 Å². The van der Waals surface area contributed by atoms with E-state index in [1.54, 1.807) is 30.3 Å². The predicted molar refractivity (Wildman–Crippen MR) is 160 cm³/mol. The minimum absolute atomic E-state index is 0.0620.